The highest BCUT2D eigenvalue weighted by molar-refractivity contribution is 7.85. The lowest BCUT2D eigenvalue weighted by atomic mass is 9.46. The summed E-state index contributed by atoms with van der Waals surface area (Å²) in [5.41, 5.74) is 8.89. The third kappa shape index (κ3) is 31.2. The van der Waals surface area contributed by atoms with Gasteiger partial charge in [-0.25, -0.2) is 14.3 Å². The van der Waals surface area contributed by atoms with Crippen LogP contribution in [-0.4, -0.2) is 310 Å². The lowest BCUT2D eigenvalue weighted by molar-refractivity contribution is -0.201. The van der Waals surface area contributed by atoms with Crippen LogP contribution in [0.1, 0.15) is 123 Å². The normalized spacial score (nSPS) is 21.2. The Labute approximate surface area is 786 Å². The minimum atomic E-state index is -4.15. The number of nitrogens with one attached hydrogen (secondary N) is 7. The van der Waals surface area contributed by atoms with E-state index in [-0.39, 0.29) is 192 Å². The number of ketones is 2. The van der Waals surface area contributed by atoms with E-state index in [0.717, 1.165) is 35.2 Å². The number of benzene rings is 3. The molecular weight excluding hydrogens is 1780 g/mol. The summed E-state index contributed by atoms with van der Waals surface area (Å²) in [6.45, 7) is 13.7. The van der Waals surface area contributed by atoms with Crippen molar-refractivity contribution in [3.8, 4) is 22.5 Å². The lowest BCUT2D eigenvalue weighted by Gasteiger charge is -2.59. The van der Waals surface area contributed by atoms with Gasteiger partial charge >= 0.3 is 12.1 Å². The minimum Gasteiger partial charge on any atom is -0.445 e. The number of anilines is 2. The van der Waals surface area contributed by atoms with Gasteiger partial charge in [-0.15, -0.1) is 5.10 Å². The lowest BCUT2D eigenvalue weighted by Crippen LogP contribution is -2.63. The van der Waals surface area contributed by atoms with Gasteiger partial charge in [0.1, 0.15) is 44.3 Å². The van der Waals surface area contributed by atoms with Crippen LogP contribution in [0.25, 0.3) is 22.5 Å². The van der Waals surface area contributed by atoms with Gasteiger partial charge in [-0.1, -0.05) is 112 Å². The number of hydrogen-bond acceptors (Lipinski definition) is 29. The molecule has 2 aliphatic heterocycles. The SMILES string of the molecule is CCCC1O[C@@H]2C[C@H]3[C@@H]4CCC5=CC(=O)C=C[C@]5(C)[C@H]4[C@@H](O)C[C@]3(C)[C@]2(C(=O)COCN(C)C(=O)CNC(=O)OCc2ccc(NC(=O)[C@H](CCCNC(N)=O)NC(=O)[C@@H](NC(=O)CCOCCOCCOCCOCCOCCNC(=O)CCC(=O)N3Cc4ccccc4-c4c(nnn4CCOCCOCCOCCOCCC(=O)NCCS(=O)(=O)O)-c4ccccc43)C(C)C)cc2)O1. The standard InChI is InChI=1S/C93H133N13O28S/c1-7-13-82-133-76-55-71-69-24-21-65-54-67(107)27-30-91(65,4)83(69)74(108)56-92(71,5)93(76,134-82)75(109)60-131-61-104(6)81(114)57-98-90(118)132-59-63-19-22-66(23-20-63)99-87(115)72(17-12-31-97-89(94)117)100-88(116)84(62(2)3)101-79(112)29-36-123-40-44-127-48-51-130-52-49-128-45-41-124-37-32-95-77(110)25-26-80(113)105-58-64-14-8-9-15-68(64)86-85(70-16-10-11-18-73(70)105)102-103-106(86)34-38-125-42-46-129-50-47-126-43-39-122-35-28-78(111)96-33-53-135(119,120)121/h8-11,14-16,18-20,22-23,27,30,54,62,69,71-72,74,76,82-84,108H,7,12-13,17,21,24-26,28-29,31-53,55-61H2,1-6H3,(H,95,110)(H,96,111)(H,98,118)(H,99,115)(H,100,116)(H,101,112)(H3,94,97,117)(H,119,120,121)/t69-,71-,72-,74-,76+,82?,83+,84-,91-,92-,93+/m0/s1. The average molecular weight is 1910 g/mol. The van der Waals surface area contributed by atoms with Crippen molar-refractivity contribution in [2.45, 2.75) is 168 Å². The molecule has 42 heteroatoms. The number of hydrogen-bond donors (Lipinski definition) is 10. The van der Waals surface area contributed by atoms with Crippen LogP contribution in [0, 0.1) is 34.5 Å². The zero-order valence-electron chi connectivity index (χ0n) is 77.9. The molecule has 4 aliphatic carbocycles. The van der Waals surface area contributed by atoms with Crippen LogP contribution in [0.2, 0.25) is 0 Å². The number of para-hydroxylation sites is 1. The van der Waals surface area contributed by atoms with Crippen LogP contribution in [-0.2, 0) is 135 Å². The van der Waals surface area contributed by atoms with Crippen molar-refractivity contribution in [2.24, 2.45) is 40.2 Å². The number of nitrogens with zero attached hydrogens (tertiary/aromatic N) is 5. The quantitative estimate of drug-likeness (QED) is 0.0166. The number of urea groups is 1. The number of rotatable bonds is 60. The molecule has 11 atom stereocenters. The summed E-state index contributed by atoms with van der Waals surface area (Å²) in [6.07, 6.45) is 6.21. The molecule has 744 valence electrons. The number of likely N-dealkylation sites (N-methyl/N-ethyl adjacent to an activating group) is 1. The predicted molar refractivity (Wildman–Crippen MR) is 489 cm³/mol. The number of aliphatic hydroxyl groups is 1. The number of primary amides is 1. The second-order valence-electron chi connectivity index (χ2n) is 34.7. The van der Waals surface area contributed by atoms with E-state index < -0.39 is 124 Å². The topological polar surface area (TPSA) is 530 Å². The van der Waals surface area contributed by atoms with E-state index in [1.165, 1.54) is 11.9 Å². The predicted octanol–water partition coefficient (Wildman–Crippen LogP) is 4.40. The Morgan fingerprint density at radius 3 is 1.94 bits per heavy atom. The van der Waals surface area contributed by atoms with Gasteiger partial charge in [0, 0.05) is 85.9 Å². The molecule has 10 rings (SSSR count). The fourth-order valence-electron chi connectivity index (χ4n) is 18.2. The van der Waals surface area contributed by atoms with Gasteiger partial charge in [-0.3, -0.25) is 47.7 Å². The molecule has 4 fully saturated rings. The number of aliphatic hydroxyl groups excluding tert-OH is 1. The number of aromatic nitrogens is 3. The summed E-state index contributed by atoms with van der Waals surface area (Å²) in [6, 6.07) is 18.6. The molecule has 3 heterocycles. The largest absolute Gasteiger partial charge is 0.445 e. The number of carbonyl (C=O) groups excluding carboxylic acids is 11. The smallest absolute Gasteiger partial charge is 0.407 e. The van der Waals surface area contributed by atoms with Crippen LogP contribution in [0.15, 0.2) is 96.6 Å². The zero-order valence-corrected chi connectivity index (χ0v) is 78.7. The summed E-state index contributed by atoms with van der Waals surface area (Å²) < 4.78 is 107. The van der Waals surface area contributed by atoms with Crippen LogP contribution in [0.3, 0.4) is 0 Å². The van der Waals surface area contributed by atoms with Gasteiger partial charge in [0.15, 0.2) is 23.5 Å². The Kier molecular flexibility index (Phi) is 42.4. The van der Waals surface area contributed by atoms with Crippen molar-refractivity contribution in [2.75, 3.05) is 181 Å². The van der Waals surface area contributed by atoms with E-state index in [4.69, 9.17) is 71.9 Å². The first-order valence-electron chi connectivity index (χ1n) is 46.3. The Morgan fingerprint density at radius 1 is 0.689 bits per heavy atom. The Hall–Kier alpha value is -10.2. The highest BCUT2D eigenvalue weighted by Crippen LogP contribution is 2.70. The summed E-state index contributed by atoms with van der Waals surface area (Å²) in [7, 11) is -2.68. The first-order chi connectivity index (χ1) is 64.9. The van der Waals surface area contributed by atoms with Gasteiger partial charge in [0.05, 0.1) is 161 Å². The minimum absolute atomic E-state index is 0.0252. The van der Waals surface area contributed by atoms with Gasteiger partial charge in [-0.2, -0.15) is 8.42 Å². The number of alkyl carbamates (subject to hydrolysis) is 1. The molecule has 135 heavy (non-hydrogen) atoms. The molecular formula is C93H133N13O28S. The van der Waals surface area contributed by atoms with Gasteiger partial charge < -0.3 is 119 Å². The molecule has 1 saturated heterocycles. The van der Waals surface area contributed by atoms with Crippen molar-refractivity contribution < 1.29 is 132 Å². The average Bonchev–Trinajstić information content (AvgIpc) is 1.51. The monoisotopic (exact) mass is 1910 g/mol. The summed E-state index contributed by atoms with van der Waals surface area (Å²) in [5, 5.41) is 39.6. The molecule has 0 bridgehead atoms. The molecule has 0 radical (unpaired) electrons. The van der Waals surface area contributed by atoms with Crippen molar-refractivity contribution in [3.05, 3.63) is 108 Å². The molecule has 3 aromatic carbocycles. The molecule has 1 unspecified atom stereocenters. The number of allylic oxidation sites excluding steroid dienone is 4. The molecule has 4 aromatic rings. The van der Waals surface area contributed by atoms with Crippen molar-refractivity contribution in [3.63, 3.8) is 0 Å². The summed E-state index contributed by atoms with van der Waals surface area (Å²) in [4.78, 5) is 147. The maximum absolute atomic E-state index is 14.7. The van der Waals surface area contributed by atoms with Crippen molar-refractivity contribution in [1.82, 2.24) is 51.8 Å². The highest BCUT2D eigenvalue weighted by Gasteiger charge is 2.76. The number of amides is 10. The summed E-state index contributed by atoms with van der Waals surface area (Å²) in [5.74, 6) is -4.66. The molecule has 3 saturated carbocycles. The number of Topliss-reactive ketones (excluding diaryl/α,β-unsaturated/α-hetero) is 1. The van der Waals surface area contributed by atoms with Gasteiger partial charge in [0.2, 0.25) is 41.4 Å². The molecule has 6 aliphatic rings. The van der Waals surface area contributed by atoms with E-state index in [9.17, 15) is 66.3 Å². The molecule has 1 aromatic heterocycles. The fourth-order valence-corrected chi connectivity index (χ4v) is 18.6. The second-order valence-corrected chi connectivity index (χ2v) is 36.3. The highest BCUT2D eigenvalue weighted by atomic mass is 32.2. The summed E-state index contributed by atoms with van der Waals surface area (Å²) >= 11 is 0. The third-order valence-corrected chi connectivity index (χ3v) is 25.6. The molecule has 10 amide bonds. The Morgan fingerprint density at radius 2 is 1.30 bits per heavy atom. The first kappa shape index (κ1) is 107. The maximum atomic E-state index is 14.7. The van der Waals surface area contributed by atoms with E-state index in [0.29, 0.717) is 107 Å². The van der Waals surface area contributed by atoms with Crippen LogP contribution >= 0.6 is 0 Å². The fraction of sp³-hybridized carbons (Fsp3) is 0.624. The Bertz CT molecular complexity index is 4790. The molecule has 0 spiro atoms. The Balaban J connectivity index is 0.533. The van der Waals surface area contributed by atoms with E-state index in [1.54, 1.807) is 59.8 Å². The number of fused-ring (bicyclic) bond motifs is 12. The van der Waals surface area contributed by atoms with Crippen molar-refractivity contribution >= 4 is 86.5 Å². The molecule has 11 N–H and O–H groups in total. The van der Waals surface area contributed by atoms with Crippen molar-refractivity contribution in [1.29, 1.82) is 0 Å². The number of carbonyl (C=O) groups is 11. The zero-order chi connectivity index (χ0) is 96.9. The molecule has 41 nitrogen and oxygen atoms in total. The number of ether oxygens (including phenoxy) is 13. The van der Waals surface area contributed by atoms with E-state index >= 15 is 0 Å². The third-order valence-electron chi connectivity index (χ3n) is 24.9. The second kappa shape index (κ2) is 53.5. The number of nitrogens with two attached hydrogens (primary N) is 1. The van der Waals surface area contributed by atoms with Crippen LogP contribution in [0.5, 0.6) is 0 Å². The van der Waals surface area contributed by atoms with E-state index in [2.05, 4.69) is 54.5 Å². The van der Waals surface area contributed by atoms with Crippen LogP contribution in [0.4, 0.5) is 21.0 Å². The van der Waals surface area contributed by atoms with E-state index in [1.807, 2.05) is 68.5 Å². The van der Waals surface area contributed by atoms with Gasteiger partial charge in [0.25, 0.3) is 10.1 Å². The first-order valence-corrected chi connectivity index (χ1v) is 47.9. The maximum Gasteiger partial charge on any atom is 0.407 e. The van der Waals surface area contributed by atoms with Crippen LogP contribution < -0.4 is 47.9 Å². The van der Waals surface area contributed by atoms with Gasteiger partial charge in [-0.05, 0) is 104 Å².